The van der Waals surface area contributed by atoms with Gasteiger partial charge in [0.25, 0.3) is 0 Å². The summed E-state index contributed by atoms with van der Waals surface area (Å²) in [5, 5.41) is 13.1. The molecule has 9 heteroatoms. The molecule has 0 saturated carbocycles. The fraction of sp³-hybridized carbons (Fsp3) is 0.450. The number of methoxy groups -OCH3 is 2. The van der Waals surface area contributed by atoms with Crippen LogP contribution in [0.2, 0.25) is 0 Å². The van der Waals surface area contributed by atoms with Crippen molar-refractivity contribution in [3.05, 3.63) is 46.1 Å². The van der Waals surface area contributed by atoms with E-state index in [1.807, 2.05) is 24.3 Å². The summed E-state index contributed by atoms with van der Waals surface area (Å²) in [7, 11) is 2.92. The van der Waals surface area contributed by atoms with Crippen molar-refractivity contribution in [3.8, 4) is 11.9 Å². The minimum Gasteiger partial charge on any atom is -0.481 e. The zero-order valence-electron chi connectivity index (χ0n) is 17.1. The molecule has 2 aromatic rings. The third-order valence-corrected chi connectivity index (χ3v) is 4.50. The number of hydrogen-bond acceptors (Lipinski definition) is 7. The highest BCUT2D eigenvalue weighted by Crippen LogP contribution is 2.33. The lowest BCUT2D eigenvalue weighted by Gasteiger charge is -2.29. The summed E-state index contributed by atoms with van der Waals surface area (Å²) >= 11 is 3.41. The van der Waals surface area contributed by atoms with Gasteiger partial charge in [-0.05, 0) is 38.5 Å². The van der Waals surface area contributed by atoms with Crippen molar-refractivity contribution in [1.82, 2.24) is 15.3 Å². The molecule has 0 aliphatic rings. The molecule has 2 unspecified atom stereocenters. The van der Waals surface area contributed by atoms with Crippen LogP contribution in [0.4, 0.5) is 4.79 Å². The standard InChI is InChI=1S/C20H26BrN3O5/c1-20(2,3)29-19(26)24-17(12-6-8-13(21)9-7-12)14(11-25)15-10-16(27-4)23-18(22-15)28-5/h6-10,14,17,25H,11H2,1-5H3,(H,24,26). The van der Waals surface area contributed by atoms with E-state index < -0.39 is 23.7 Å². The van der Waals surface area contributed by atoms with E-state index >= 15 is 0 Å². The van der Waals surface area contributed by atoms with E-state index in [0.717, 1.165) is 10.0 Å². The number of alkyl carbamates (subject to hydrolysis) is 1. The number of aliphatic hydroxyl groups excluding tert-OH is 1. The summed E-state index contributed by atoms with van der Waals surface area (Å²) in [6.45, 7) is 5.06. The van der Waals surface area contributed by atoms with Crippen molar-refractivity contribution in [2.24, 2.45) is 0 Å². The molecule has 0 aliphatic heterocycles. The molecule has 1 aromatic carbocycles. The van der Waals surface area contributed by atoms with Gasteiger partial charge in [0.2, 0.25) is 5.88 Å². The Kier molecular flexibility index (Phi) is 7.80. The van der Waals surface area contributed by atoms with Gasteiger partial charge in [-0.25, -0.2) is 4.79 Å². The van der Waals surface area contributed by atoms with Crippen LogP contribution in [0.1, 0.15) is 44.0 Å². The second-order valence-electron chi connectivity index (χ2n) is 7.29. The highest BCUT2D eigenvalue weighted by molar-refractivity contribution is 9.10. The largest absolute Gasteiger partial charge is 0.481 e. The van der Waals surface area contributed by atoms with Crippen LogP contribution in [0.3, 0.4) is 0 Å². The Bertz CT molecular complexity index is 802. The Morgan fingerprint density at radius 2 is 1.83 bits per heavy atom. The number of aromatic nitrogens is 2. The number of ether oxygens (including phenoxy) is 3. The average Bonchev–Trinajstić information content (AvgIpc) is 2.66. The lowest BCUT2D eigenvalue weighted by molar-refractivity contribution is 0.0487. The predicted molar refractivity (Wildman–Crippen MR) is 111 cm³/mol. The molecule has 2 N–H and O–H groups in total. The fourth-order valence-electron chi connectivity index (χ4n) is 2.70. The Labute approximate surface area is 178 Å². The van der Waals surface area contributed by atoms with Gasteiger partial charge in [-0.2, -0.15) is 9.97 Å². The number of rotatable bonds is 7. The van der Waals surface area contributed by atoms with E-state index in [4.69, 9.17) is 14.2 Å². The summed E-state index contributed by atoms with van der Waals surface area (Å²) in [5.41, 5.74) is 0.569. The first-order chi connectivity index (χ1) is 13.7. The van der Waals surface area contributed by atoms with E-state index in [1.165, 1.54) is 14.2 Å². The normalized spacial score (nSPS) is 13.3. The molecule has 2 atom stereocenters. The Morgan fingerprint density at radius 3 is 2.34 bits per heavy atom. The first kappa shape index (κ1) is 22.9. The minimum absolute atomic E-state index is 0.102. The summed E-state index contributed by atoms with van der Waals surface area (Å²) in [5.74, 6) is -0.313. The van der Waals surface area contributed by atoms with Gasteiger partial charge < -0.3 is 24.6 Å². The number of hydrogen-bond donors (Lipinski definition) is 2. The van der Waals surface area contributed by atoms with E-state index in [1.54, 1.807) is 26.8 Å². The van der Waals surface area contributed by atoms with Gasteiger partial charge in [0.15, 0.2) is 0 Å². The summed E-state index contributed by atoms with van der Waals surface area (Å²) in [6.07, 6.45) is -0.600. The number of amides is 1. The number of nitrogens with zero attached hydrogens (tertiary/aromatic N) is 2. The number of nitrogens with one attached hydrogen (secondary N) is 1. The Balaban J connectivity index is 2.47. The Morgan fingerprint density at radius 1 is 1.17 bits per heavy atom. The summed E-state index contributed by atoms with van der Waals surface area (Å²) < 4.78 is 16.6. The molecule has 0 saturated heterocycles. The molecule has 1 aromatic heterocycles. The van der Waals surface area contributed by atoms with E-state index in [2.05, 4.69) is 31.2 Å². The zero-order valence-corrected chi connectivity index (χ0v) is 18.7. The van der Waals surface area contributed by atoms with Crippen LogP contribution in [0, 0.1) is 0 Å². The van der Waals surface area contributed by atoms with Crippen LogP contribution < -0.4 is 14.8 Å². The molecule has 158 valence electrons. The molecule has 0 radical (unpaired) electrons. The predicted octanol–water partition coefficient (Wildman–Crippen LogP) is 3.60. The second-order valence-corrected chi connectivity index (χ2v) is 8.20. The molecule has 0 bridgehead atoms. The highest BCUT2D eigenvalue weighted by atomic mass is 79.9. The fourth-order valence-corrected chi connectivity index (χ4v) is 2.96. The lowest BCUT2D eigenvalue weighted by atomic mass is 9.90. The number of aliphatic hydroxyl groups is 1. The lowest BCUT2D eigenvalue weighted by Crippen LogP contribution is -2.38. The van der Waals surface area contributed by atoms with Crippen molar-refractivity contribution in [3.63, 3.8) is 0 Å². The van der Waals surface area contributed by atoms with Gasteiger partial charge in [0, 0.05) is 16.5 Å². The molecule has 29 heavy (non-hydrogen) atoms. The first-order valence-corrected chi connectivity index (χ1v) is 9.79. The van der Waals surface area contributed by atoms with E-state index in [9.17, 15) is 9.90 Å². The van der Waals surface area contributed by atoms with Crippen LogP contribution in [-0.2, 0) is 4.74 Å². The highest BCUT2D eigenvalue weighted by Gasteiger charge is 2.30. The van der Waals surface area contributed by atoms with Crippen LogP contribution in [0.15, 0.2) is 34.8 Å². The zero-order chi connectivity index (χ0) is 21.6. The van der Waals surface area contributed by atoms with Gasteiger partial charge in [-0.3, -0.25) is 0 Å². The summed E-state index contributed by atoms with van der Waals surface area (Å²) in [6, 6.07) is 8.50. The van der Waals surface area contributed by atoms with Crippen LogP contribution in [-0.4, -0.2) is 47.6 Å². The molecule has 2 rings (SSSR count). The van der Waals surface area contributed by atoms with Crippen LogP contribution >= 0.6 is 15.9 Å². The molecule has 0 spiro atoms. The third kappa shape index (κ3) is 6.57. The average molecular weight is 468 g/mol. The van der Waals surface area contributed by atoms with Gasteiger partial charge in [0.1, 0.15) is 5.60 Å². The Hall–Kier alpha value is -2.39. The molecule has 1 heterocycles. The van der Waals surface area contributed by atoms with Crippen molar-refractivity contribution in [1.29, 1.82) is 0 Å². The van der Waals surface area contributed by atoms with Crippen molar-refractivity contribution < 1.29 is 24.1 Å². The van der Waals surface area contributed by atoms with E-state index in [0.29, 0.717) is 5.69 Å². The maximum Gasteiger partial charge on any atom is 0.408 e. The monoisotopic (exact) mass is 467 g/mol. The molecule has 0 fully saturated rings. The van der Waals surface area contributed by atoms with Gasteiger partial charge in [-0.15, -0.1) is 0 Å². The number of halogens is 1. The van der Waals surface area contributed by atoms with E-state index in [-0.39, 0.29) is 18.5 Å². The van der Waals surface area contributed by atoms with Gasteiger partial charge in [0.05, 0.1) is 32.6 Å². The number of carbonyl (C=O) groups excluding carboxylic acids is 1. The molecular weight excluding hydrogens is 442 g/mol. The maximum absolute atomic E-state index is 12.5. The first-order valence-electron chi connectivity index (χ1n) is 8.99. The second kappa shape index (κ2) is 9.89. The topological polar surface area (TPSA) is 103 Å². The summed E-state index contributed by atoms with van der Waals surface area (Å²) in [4.78, 5) is 20.9. The molecule has 1 amide bonds. The SMILES string of the molecule is COc1cc(C(CO)C(NC(=O)OC(C)(C)C)c2ccc(Br)cc2)nc(OC)n1. The number of carbonyl (C=O) groups is 1. The smallest absolute Gasteiger partial charge is 0.408 e. The van der Waals surface area contributed by atoms with Gasteiger partial charge >= 0.3 is 12.1 Å². The molecule has 8 nitrogen and oxygen atoms in total. The molecule has 0 aliphatic carbocycles. The van der Waals surface area contributed by atoms with Crippen LogP contribution in [0.5, 0.6) is 11.9 Å². The third-order valence-electron chi connectivity index (χ3n) is 3.97. The quantitative estimate of drug-likeness (QED) is 0.640. The maximum atomic E-state index is 12.5. The molecular formula is C20H26BrN3O5. The van der Waals surface area contributed by atoms with Crippen molar-refractivity contribution in [2.45, 2.75) is 38.3 Å². The minimum atomic E-state index is -0.662. The van der Waals surface area contributed by atoms with Gasteiger partial charge in [-0.1, -0.05) is 28.1 Å². The van der Waals surface area contributed by atoms with Crippen molar-refractivity contribution >= 4 is 22.0 Å². The number of benzene rings is 1. The van der Waals surface area contributed by atoms with Crippen molar-refractivity contribution in [2.75, 3.05) is 20.8 Å². The van der Waals surface area contributed by atoms with Crippen LogP contribution in [0.25, 0.3) is 0 Å².